The second-order valence-corrected chi connectivity index (χ2v) is 5.02. The summed E-state index contributed by atoms with van der Waals surface area (Å²) in [6, 6.07) is 6.44. The maximum absolute atomic E-state index is 13.1. The molecular weight excluding hydrogens is 265 g/mol. The summed E-state index contributed by atoms with van der Waals surface area (Å²) < 4.78 is 14.6. The molecule has 0 aliphatic carbocycles. The van der Waals surface area contributed by atoms with Crippen molar-refractivity contribution in [1.82, 2.24) is 9.78 Å². The van der Waals surface area contributed by atoms with Gasteiger partial charge in [0.2, 0.25) is 0 Å². The first-order valence-electron chi connectivity index (χ1n) is 5.90. The number of rotatable bonds is 2. The lowest BCUT2D eigenvalue weighted by molar-refractivity contribution is 0.625. The lowest BCUT2D eigenvalue weighted by atomic mass is 10.1. The Labute approximate surface area is 116 Å². The predicted molar refractivity (Wildman–Crippen MR) is 72.1 cm³/mol. The van der Waals surface area contributed by atoms with Crippen molar-refractivity contribution >= 4 is 11.6 Å². The van der Waals surface area contributed by atoms with Gasteiger partial charge in [-0.25, -0.2) is 9.07 Å². The van der Waals surface area contributed by atoms with Gasteiger partial charge in [0.15, 0.2) is 5.15 Å². The molecule has 2 rings (SSSR count). The molecule has 19 heavy (non-hydrogen) atoms. The third-order valence-electron chi connectivity index (χ3n) is 2.90. The summed E-state index contributed by atoms with van der Waals surface area (Å²) in [7, 11) is 0. The zero-order valence-electron chi connectivity index (χ0n) is 10.9. The number of hydrogen-bond acceptors (Lipinski definition) is 2. The predicted octanol–water partition coefficient (Wildman–Crippen LogP) is 3.97. The summed E-state index contributed by atoms with van der Waals surface area (Å²) in [5.41, 5.74) is 2.41. The van der Waals surface area contributed by atoms with E-state index in [0.717, 1.165) is 0 Å². The molecule has 98 valence electrons. The fourth-order valence-electron chi connectivity index (χ4n) is 1.94. The first-order valence-corrected chi connectivity index (χ1v) is 6.28. The monoisotopic (exact) mass is 277 g/mol. The molecule has 0 amide bonds. The molecule has 2 aromatic rings. The van der Waals surface area contributed by atoms with E-state index in [1.807, 2.05) is 13.8 Å². The molecule has 0 aliphatic rings. The van der Waals surface area contributed by atoms with Crippen LogP contribution >= 0.6 is 11.6 Å². The van der Waals surface area contributed by atoms with Crippen molar-refractivity contribution in [3.05, 3.63) is 46.0 Å². The van der Waals surface area contributed by atoms with Crippen LogP contribution in [-0.4, -0.2) is 9.78 Å². The number of nitrogens with zero attached hydrogens (tertiary/aromatic N) is 3. The molecule has 0 bridgehead atoms. The second kappa shape index (κ2) is 5.02. The van der Waals surface area contributed by atoms with Gasteiger partial charge in [-0.05, 0) is 36.6 Å². The van der Waals surface area contributed by atoms with Crippen molar-refractivity contribution in [3.8, 4) is 11.8 Å². The number of aryl methyl sites for hydroxylation is 1. The highest BCUT2D eigenvalue weighted by Crippen LogP contribution is 2.28. The van der Waals surface area contributed by atoms with E-state index in [9.17, 15) is 9.65 Å². The zero-order valence-corrected chi connectivity index (χ0v) is 11.7. The van der Waals surface area contributed by atoms with Crippen molar-refractivity contribution in [2.45, 2.75) is 26.7 Å². The average Bonchev–Trinajstić information content (AvgIpc) is 2.66. The zero-order chi connectivity index (χ0) is 14.2. The van der Waals surface area contributed by atoms with Crippen molar-refractivity contribution < 1.29 is 4.39 Å². The third kappa shape index (κ3) is 2.34. The molecule has 1 aromatic heterocycles. The summed E-state index contributed by atoms with van der Waals surface area (Å²) >= 11 is 6.20. The van der Waals surface area contributed by atoms with Gasteiger partial charge in [-0.15, -0.1) is 0 Å². The van der Waals surface area contributed by atoms with Crippen LogP contribution in [0, 0.1) is 24.1 Å². The Balaban J connectivity index is 2.67. The van der Waals surface area contributed by atoms with Crippen LogP contribution < -0.4 is 0 Å². The van der Waals surface area contributed by atoms with E-state index in [1.54, 1.807) is 13.0 Å². The quantitative estimate of drug-likeness (QED) is 0.833. The SMILES string of the molecule is Cc1cc(F)ccc1-n1nc(C(C)C)c(C#N)c1Cl. The van der Waals surface area contributed by atoms with Gasteiger partial charge >= 0.3 is 0 Å². The Hall–Kier alpha value is -1.86. The average molecular weight is 278 g/mol. The fraction of sp³-hybridized carbons (Fsp3) is 0.286. The molecular formula is C14H13ClFN3. The molecule has 0 spiro atoms. The summed E-state index contributed by atoms with van der Waals surface area (Å²) in [6.45, 7) is 5.67. The lowest BCUT2D eigenvalue weighted by Gasteiger charge is -2.07. The Bertz CT molecular complexity index is 668. The van der Waals surface area contributed by atoms with Crippen molar-refractivity contribution in [2.75, 3.05) is 0 Å². The van der Waals surface area contributed by atoms with Crippen molar-refractivity contribution in [1.29, 1.82) is 5.26 Å². The van der Waals surface area contributed by atoms with E-state index in [1.165, 1.54) is 16.8 Å². The molecule has 0 N–H and O–H groups in total. The van der Waals surface area contributed by atoms with Gasteiger partial charge in [-0.2, -0.15) is 10.4 Å². The highest BCUT2D eigenvalue weighted by Gasteiger charge is 2.20. The largest absolute Gasteiger partial charge is 0.220 e. The van der Waals surface area contributed by atoms with Crippen LogP contribution in [0.15, 0.2) is 18.2 Å². The van der Waals surface area contributed by atoms with Crippen LogP contribution in [0.25, 0.3) is 5.69 Å². The van der Waals surface area contributed by atoms with E-state index < -0.39 is 0 Å². The van der Waals surface area contributed by atoms with Gasteiger partial charge in [-0.1, -0.05) is 25.4 Å². The minimum absolute atomic E-state index is 0.0918. The number of benzene rings is 1. The summed E-state index contributed by atoms with van der Waals surface area (Å²) in [6.07, 6.45) is 0. The first-order chi connectivity index (χ1) is 8.95. The second-order valence-electron chi connectivity index (χ2n) is 4.66. The van der Waals surface area contributed by atoms with E-state index in [0.29, 0.717) is 22.5 Å². The highest BCUT2D eigenvalue weighted by atomic mass is 35.5. The third-order valence-corrected chi connectivity index (χ3v) is 3.25. The number of aromatic nitrogens is 2. The molecule has 0 saturated heterocycles. The van der Waals surface area contributed by atoms with Gasteiger partial charge in [0, 0.05) is 0 Å². The molecule has 3 nitrogen and oxygen atoms in total. The number of halogens is 2. The van der Waals surface area contributed by atoms with Gasteiger partial charge in [0.1, 0.15) is 17.4 Å². The first kappa shape index (κ1) is 13.6. The van der Waals surface area contributed by atoms with Crippen LogP contribution in [0.2, 0.25) is 5.15 Å². The molecule has 0 saturated carbocycles. The normalized spacial score (nSPS) is 10.8. The topological polar surface area (TPSA) is 41.6 Å². The maximum Gasteiger partial charge on any atom is 0.150 e. The van der Waals surface area contributed by atoms with E-state index >= 15 is 0 Å². The molecule has 1 aromatic carbocycles. The van der Waals surface area contributed by atoms with Crippen LogP contribution in [-0.2, 0) is 0 Å². The smallest absolute Gasteiger partial charge is 0.150 e. The maximum atomic E-state index is 13.1. The number of hydrogen-bond donors (Lipinski definition) is 0. The summed E-state index contributed by atoms with van der Waals surface area (Å²) in [4.78, 5) is 0. The number of nitriles is 1. The van der Waals surface area contributed by atoms with Crippen LogP contribution in [0.1, 0.15) is 36.6 Å². The van der Waals surface area contributed by atoms with Crippen LogP contribution in [0.4, 0.5) is 4.39 Å². The minimum atomic E-state index is -0.311. The molecule has 0 aliphatic heterocycles. The molecule has 0 radical (unpaired) electrons. The standard InChI is InChI=1S/C14H13ClFN3/c1-8(2)13-11(7-17)14(15)19(18-13)12-5-4-10(16)6-9(12)3/h4-6,8H,1-3H3. The van der Waals surface area contributed by atoms with Gasteiger partial charge in [-0.3, -0.25) is 0 Å². The Morgan fingerprint density at radius 2 is 2.11 bits per heavy atom. The Kier molecular flexibility index (Phi) is 3.59. The van der Waals surface area contributed by atoms with Gasteiger partial charge in [0.25, 0.3) is 0 Å². The van der Waals surface area contributed by atoms with Gasteiger partial charge in [0.05, 0.1) is 11.4 Å². The van der Waals surface area contributed by atoms with E-state index in [-0.39, 0.29) is 16.9 Å². The van der Waals surface area contributed by atoms with Crippen LogP contribution in [0.5, 0.6) is 0 Å². The van der Waals surface area contributed by atoms with Crippen molar-refractivity contribution in [3.63, 3.8) is 0 Å². The molecule has 1 heterocycles. The van der Waals surface area contributed by atoms with Crippen LogP contribution in [0.3, 0.4) is 0 Å². The highest BCUT2D eigenvalue weighted by molar-refractivity contribution is 6.31. The fourth-order valence-corrected chi connectivity index (χ4v) is 2.20. The molecule has 0 unspecified atom stereocenters. The van der Waals surface area contributed by atoms with E-state index in [2.05, 4.69) is 11.2 Å². The Morgan fingerprint density at radius 1 is 1.42 bits per heavy atom. The molecule has 0 atom stereocenters. The van der Waals surface area contributed by atoms with Gasteiger partial charge < -0.3 is 0 Å². The Morgan fingerprint density at radius 3 is 2.58 bits per heavy atom. The lowest BCUT2D eigenvalue weighted by Crippen LogP contribution is -2.01. The van der Waals surface area contributed by atoms with Crippen molar-refractivity contribution in [2.24, 2.45) is 0 Å². The van der Waals surface area contributed by atoms with E-state index in [4.69, 9.17) is 11.6 Å². The molecule has 0 fully saturated rings. The summed E-state index contributed by atoms with van der Waals surface area (Å²) in [5, 5.41) is 13.8. The minimum Gasteiger partial charge on any atom is -0.220 e. The summed E-state index contributed by atoms with van der Waals surface area (Å²) in [5.74, 6) is -0.219. The molecule has 5 heteroatoms.